The number of hydrazone groups is 2. The van der Waals surface area contributed by atoms with Crippen molar-refractivity contribution in [2.75, 3.05) is 26.2 Å². The molecule has 2 rings (SSSR count). The van der Waals surface area contributed by atoms with Gasteiger partial charge in [0.1, 0.15) is 0 Å². The van der Waals surface area contributed by atoms with E-state index in [0.717, 1.165) is 37.6 Å². The van der Waals surface area contributed by atoms with Crippen LogP contribution in [0, 0.1) is 0 Å². The number of hydrogen-bond acceptors (Lipinski definition) is 4. The Hall–Kier alpha value is -1.06. The van der Waals surface area contributed by atoms with Crippen LogP contribution >= 0.6 is 0 Å². The predicted octanol–water partition coefficient (Wildman–Crippen LogP) is 3.49. The van der Waals surface area contributed by atoms with Gasteiger partial charge in [-0.3, -0.25) is 10.0 Å². The summed E-state index contributed by atoms with van der Waals surface area (Å²) in [5.74, 6) is 0. The highest BCUT2D eigenvalue weighted by Gasteiger charge is 2.10. The number of nitrogens with zero attached hydrogens (tertiary/aromatic N) is 4. The first kappa shape index (κ1) is 15.3. The molecular weight excluding hydrogens is 248 g/mol. The highest BCUT2D eigenvalue weighted by molar-refractivity contribution is 6.40. The maximum Gasteiger partial charge on any atom is 0.0803 e. The molecule has 0 N–H and O–H groups in total. The van der Waals surface area contributed by atoms with Gasteiger partial charge in [-0.25, -0.2) is 0 Å². The summed E-state index contributed by atoms with van der Waals surface area (Å²) in [4.78, 5) is 0. The molecule has 0 saturated carbocycles. The molecule has 0 aromatic rings. The fourth-order valence-electron chi connectivity index (χ4n) is 2.88. The molecule has 2 saturated heterocycles. The van der Waals surface area contributed by atoms with Gasteiger partial charge < -0.3 is 0 Å². The molecule has 0 radical (unpaired) electrons. The van der Waals surface area contributed by atoms with Crippen LogP contribution in [-0.2, 0) is 0 Å². The van der Waals surface area contributed by atoms with Crippen LogP contribution in [0.2, 0.25) is 0 Å². The third kappa shape index (κ3) is 5.14. The van der Waals surface area contributed by atoms with Crippen molar-refractivity contribution < 1.29 is 0 Å². The maximum absolute atomic E-state index is 4.78. The lowest BCUT2D eigenvalue weighted by Gasteiger charge is -2.19. The van der Waals surface area contributed by atoms with Gasteiger partial charge in [-0.15, -0.1) is 0 Å². The molecule has 0 atom stereocenters. The van der Waals surface area contributed by atoms with E-state index in [9.17, 15) is 0 Å². The molecule has 2 heterocycles. The molecule has 0 aromatic heterocycles. The van der Waals surface area contributed by atoms with Crippen LogP contribution in [0.1, 0.15) is 65.2 Å². The Balaban J connectivity index is 1.93. The van der Waals surface area contributed by atoms with Crippen LogP contribution < -0.4 is 0 Å². The van der Waals surface area contributed by atoms with Gasteiger partial charge in [0.25, 0.3) is 0 Å². The Labute approximate surface area is 123 Å². The van der Waals surface area contributed by atoms with Gasteiger partial charge in [0.05, 0.1) is 11.4 Å². The quantitative estimate of drug-likeness (QED) is 0.740. The largest absolute Gasteiger partial charge is 0.297 e. The van der Waals surface area contributed by atoms with E-state index in [1.54, 1.807) is 0 Å². The van der Waals surface area contributed by atoms with Crippen molar-refractivity contribution in [3.05, 3.63) is 0 Å². The summed E-state index contributed by atoms with van der Waals surface area (Å²) in [6.07, 6.45) is 10.5. The molecule has 0 aliphatic carbocycles. The maximum atomic E-state index is 4.78. The molecule has 2 fully saturated rings. The van der Waals surface area contributed by atoms with Crippen molar-refractivity contribution in [3.63, 3.8) is 0 Å². The lowest BCUT2D eigenvalue weighted by molar-refractivity contribution is 0.297. The van der Waals surface area contributed by atoms with Crippen molar-refractivity contribution >= 4 is 11.4 Å². The molecule has 2 aliphatic rings. The van der Waals surface area contributed by atoms with Gasteiger partial charge in [-0.2, -0.15) is 10.2 Å². The van der Waals surface area contributed by atoms with Crippen LogP contribution in [0.25, 0.3) is 0 Å². The van der Waals surface area contributed by atoms with E-state index in [-0.39, 0.29) is 0 Å². The molecule has 0 aromatic carbocycles. The van der Waals surface area contributed by atoms with Crippen LogP contribution in [0.3, 0.4) is 0 Å². The summed E-state index contributed by atoms with van der Waals surface area (Å²) < 4.78 is 0. The standard InChI is InChI=1S/C16H30N4/c1-15(17-19-11-7-3-4-8-12-19)16(2)18-20-13-9-5-6-10-14-20/h3-14H2,1-2H3/b17-15+,18-16+. The third-order valence-corrected chi connectivity index (χ3v) is 4.27. The van der Waals surface area contributed by atoms with E-state index in [4.69, 9.17) is 10.2 Å². The Bertz CT molecular complexity index is 298. The molecule has 4 heteroatoms. The summed E-state index contributed by atoms with van der Waals surface area (Å²) in [5, 5.41) is 14.0. The second-order valence-electron chi connectivity index (χ2n) is 6.11. The van der Waals surface area contributed by atoms with Gasteiger partial charge in [-0.05, 0) is 39.5 Å². The molecule has 0 amide bonds. The van der Waals surface area contributed by atoms with Crippen molar-refractivity contribution in [2.24, 2.45) is 10.2 Å². The van der Waals surface area contributed by atoms with E-state index < -0.39 is 0 Å². The Kier molecular flexibility index (Phi) is 6.34. The summed E-state index contributed by atoms with van der Waals surface area (Å²) in [7, 11) is 0. The zero-order valence-electron chi connectivity index (χ0n) is 13.3. The molecule has 114 valence electrons. The molecule has 0 spiro atoms. The smallest absolute Gasteiger partial charge is 0.0803 e. The highest BCUT2D eigenvalue weighted by Crippen LogP contribution is 2.11. The van der Waals surface area contributed by atoms with Crippen LogP contribution in [-0.4, -0.2) is 47.6 Å². The first-order chi connectivity index (χ1) is 9.75. The summed E-state index contributed by atoms with van der Waals surface area (Å²) >= 11 is 0. The van der Waals surface area contributed by atoms with Gasteiger partial charge in [-0.1, -0.05) is 25.7 Å². The fraction of sp³-hybridized carbons (Fsp3) is 0.875. The van der Waals surface area contributed by atoms with Crippen molar-refractivity contribution in [2.45, 2.75) is 65.2 Å². The van der Waals surface area contributed by atoms with E-state index in [1.165, 1.54) is 51.4 Å². The Morgan fingerprint density at radius 1 is 0.550 bits per heavy atom. The van der Waals surface area contributed by atoms with Crippen molar-refractivity contribution in [1.82, 2.24) is 10.0 Å². The van der Waals surface area contributed by atoms with Crippen molar-refractivity contribution in [1.29, 1.82) is 0 Å². The van der Waals surface area contributed by atoms with Crippen LogP contribution in [0.15, 0.2) is 10.2 Å². The summed E-state index contributed by atoms with van der Waals surface area (Å²) in [6, 6.07) is 0. The third-order valence-electron chi connectivity index (χ3n) is 4.27. The Morgan fingerprint density at radius 3 is 1.15 bits per heavy atom. The minimum atomic E-state index is 1.08. The lowest BCUT2D eigenvalue weighted by atomic mass is 10.2. The van der Waals surface area contributed by atoms with Gasteiger partial charge >= 0.3 is 0 Å². The molecule has 0 unspecified atom stereocenters. The number of hydrogen-bond donors (Lipinski definition) is 0. The minimum absolute atomic E-state index is 1.08. The van der Waals surface area contributed by atoms with E-state index >= 15 is 0 Å². The summed E-state index contributed by atoms with van der Waals surface area (Å²) in [6.45, 7) is 8.62. The lowest BCUT2D eigenvalue weighted by Crippen LogP contribution is -2.25. The van der Waals surface area contributed by atoms with Gasteiger partial charge in [0, 0.05) is 26.2 Å². The first-order valence-electron chi connectivity index (χ1n) is 8.36. The normalized spacial score (nSPS) is 23.5. The van der Waals surface area contributed by atoms with E-state index in [2.05, 4.69) is 23.9 Å². The van der Waals surface area contributed by atoms with Crippen molar-refractivity contribution in [3.8, 4) is 0 Å². The Morgan fingerprint density at radius 2 is 0.850 bits per heavy atom. The topological polar surface area (TPSA) is 31.2 Å². The zero-order chi connectivity index (χ0) is 14.2. The van der Waals surface area contributed by atoms with E-state index in [1.807, 2.05) is 0 Å². The highest BCUT2D eigenvalue weighted by atomic mass is 15.5. The SMILES string of the molecule is CC(=N\N1CCCCCC1)/C(C)=N/N1CCCCCC1. The average Bonchev–Trinajstić information content (AvgIpc) is 2.83. The van der Waals surface area contributed by atoms with Crippen LogP contribution in [0.5, 0.6) is 0 Å². The summed E-state index contributed by atoms with van der Waals surface area (Å²) in [5.41, 5.74) is 2.16. The monoisotopic (exact) mass is 278 g/mol. The fourth-order valence-corrected chi connectivity index (χ4v) is 2.88. The molecular formula is C16H30N4. The molecule has 2 aliphatic heterocycles. The zero-order valence-corrected chi connectivity index (χ0v) is 13.3. The minimum Gasteiger partial charge on any atom is -0.297 e. The molecule has 4 nitrogen and oxygen atoms in total. The molecule has 0 bridgehead atoms. The first-order valence-corrected chi connectivity index (χ1v) is 8.36. The average molecular weight is 278 g/mol. The molecule has 20 heavy (non-hydrogen) atoms. The van der Waals surface area contributed by atoms with E-state index in [0.29, 0.717) is 0 Å². The second kappa shape index (κ2) is 8.28. The van der Waals surface area contributed by atoms with Crippen LogP contribution in [0.4, 0.5) is 0 Å². The number of rotatable bonds is 3. The van der Waals surface area contributed by atoms with Gasteiger partial charge in [0.15, 0.2) is 0 Å². The predicted molar refractivity (Wildman–Crippen MR) is 86.3 cm³/mol. The van der Waals surface area contributed by atoms with Gasteiger partial charge in [0.2, 0.25) is 0 Å². The second-order valence-corrected chi connectivity index (χ2v) is 6.11.